The van der Waals surface area contributed by atoms with Gasteiger partial charge < -0.3 is 9.84 Å². The molecule has 1 heterocycles. The number of aromatic nitrogens is 2. The molecular weight excluding hydrogens is 156 g/mol. The number of nitrogens with zero attached hydrogens (tertiary/aromatic N) is 2. The van der Waals surface area contributed by atoms with Crippen LogP contribution < -0.4 is 4.74 Å². The molecule has 1 aromatic rings. The second kappa shape index (κ2) is 3.58. The number of aliphatic hydroxyl groups is 1. The van der Waals surface area contributed by atoms with Crippen molar-refractivity contribution in [3.05, 3.63) is 11.4 Å². The van der Waals surface area contributed by atoms with E-state index in [0.717, 1.165) is 17.1 Å². The van der Waals surface area contributed by atoms with E-state index in [1.54, 1.807) is 11.8 Å². The summed E-state index contributed by atoms with van der Waals surface area (Å²) >= 11 is 0. The minimum atomic E-state index is 0.102. The molecule has 0 aliphatic heterocycles. The van der Waals surface area contributed by atoms with E-state index >= 15 is 0 Å². The van der Waals surface area contributed by atoms with Crippen LogP contribution in [0, 0.1) is 13.8 Å². The fourth-order valence-corrected chi connectivity index (χ4v) is 1.29. The van der Waals surface area contributed by atoms with E-state index in [9.17, 15) is 0 Å². The fraction of sp³-hybridized carbons (Fsp3) is 0.625. The summed E-state index contributed by atoms with van der Waals surface area (Å²) in [6.07, 6.45) is 0. The molecule has 0 amide bonds. The van der Waals surface area contributed by atoms with E-state index in [2.05, 4.69) is 5.10 Å². The second-order valence-corrected chi connectivity index (χ2v) is 2.65. The molecule has 0 spiro atoms. The van der Waals surface area contributed by atoms with Crippen LogP contribution in [0.25, 0.3) is 0 Å². The molecule has 4 heteroatoms. The molecule has 1 N–H and O–H groups in total. The summed E-state index contributed by atoms with van der Waals surface area (Å²) in [6.45, 7) is 4.44. The van der Waals surface area contributed by atoms with Crippen LogP contribution in [0.1, 0.15) is 11.4 Å². The molecule has 0 saturated heterocycles. The summed E-state index contributed by atoms with van der Waals surface area (Å²) in [5.41, 5.74) is 1.83. The van der Waals surface area contributed by atoms with Crippen molar-refractivity contribution in [3.63, 3.8) is 0 Å². The number of methoxy groups -OCH3 is 1. The van der Waals surface area contributed by atoms with Crippen LogP contribution in [-0.4, -0.2) is 28.6 Å². The first-order valence-electron chi connectivity index (χ1n) is 3.89. The maximum Gasteiger partial charge on any atom is 0.162 e. The first kappa shape index (κ1) is 9.06. The van der Waals surface area contributed by atoms with E-state index < -0.39 is 0 Å². The van der Waals surface area contributed by atoms with E-state index in [4.69, 9.17) is 9.84 Å². The van der Waals surface area contributed by atoms with Crippen LogP contribution in [0.2, 0.25) is 0 Å². The Hall–Kier alpha value is -1.03. The van der Waals surface area contributed by atoms with Crippen molar-refractivity contribution in [1.29, 1.82) is 0 Å². The molecular formula is C8H14N2O2. The number of rotatable bonds is 3. The molecule has 0 aliphatic carbocycles. The van der Waals surface area contributed by atoms with Crippen molar-refractivity contribution in [2.75, 3.05) is 13.7 Å². The van der Waals surface area contributed by atoms with Gasteiger partial charge in [-0.15, -0.1) is 0 Å². The average Bonchev–Trinajstić information content (AvgIpc) is 2.29. The van der Waals surface area contributed by atoms with Gasteiger partial charge in [-0.25, -0.2) is 0 Å². The van der Waals surface area contributed by atoms with Crippen LogP contribution in [0.4, 0.5) is 0 Å². The van der Waals surface area contributed by atoms with Crippen molar-refractivity contribution in [3.8, 4) is 5.75 Å². The molecule has 1 aromatic heterocycles. The van der Waals surface area contributed by atoms with Gasteiger partial charge in [0, 0.05) is 0 Å². The third-order valence-corrected chi connectivity index (χ3v) is 1.83. The van der Waals surface area contributed by atoms with E-state index in [1.807, 2.05) is 13.8 Å². The quantitative estimate of drug-likeness (QED) is 0.718. The third-order valence-electron chi connectivity index (χ3n) is 1.83. The van der Waals surface area contributed by atoms with Gasteiger partial charge in [0.25, 0.3) is 0 Å². The Morgan fingerprint density at radius 1 is 1.50 bits per heavy atom. The fourth-order valence-electron chi connectivity index (χ4n) is 1.29. The molecule has 68 valence electrons. The number of aryl methyl sites for hydroxylation is 1. The van der Waals surface area contributed by atoms with Gasteiger partial charge in [0.15, 0.2) is 5.75 Å². The Bertz CT molecular complexity index is 268. The molecule has 0 bridgehead atoms. The summed E-state index contributed by atoms with van der Waals surface area (Å²) in [4.78, 5) is 0. The molecule has 12 heavy (non-hydrogen) atoms. The minimum Gasteiger partial charge on any atom is -0.493 e. The first-order chi connectivity index (χ1) is 5.70. The maximum atomic E-state index is 8.72. The number of hydrogen-bond acceptors (Lipinski definition) is 3. The minimum absolute atomic E-state index is 0.102. The Labute approximate surface area is 71.8 Å². The SMILES string of the molecule is COc1c(C)nn(CCO)c1C. The predicted octanol–water partition coefficient (Wildman–Crippen LogP) is 0.501. The Kier molecular flexibility index (Phi) is 2.70. The van der Waals surface area contributed by atoms with Gasteiger partial charge in [0.2, 0.25) is 0 Å². The smallest absolute Gasteiger partial charge is 0.162 e. The zero-order chi connectivity index (χ0) is 9.14. The highest BCUT2D eigenvalue weighted by molar-refractivity contribution is 5.31. The van der Waals surface area contributed by atoms with Crippen molar-refractivity contribution in [2.24, 2.45) is 0 Å². The molecule has 0 radical (unpaired) electrons. The third kappa shape index (κ3) is 1.43. The van der Waals surface area contributed by atoms with Gasteiger partial charge in [0.1, 0.15) is 5.69 Å². The van der Waals surface area contributed by atoms with Crippen molar-refractivity contribution in [1.82, 2.24) is 9.78 Å². The number of ether oxygens (including phenoxy) is 1. The topological polar surface area (TPSA) is 47.3 Å². The molecule has 0 aliphatic rings. The largest absolute Gasteiger partial charge is 0.493 e. The van der Waals surface area contributed by atoms with Gasteiger partial charge in [-0.1, -0.05) is 0 Å². The summed E-state index contributed by atoms with van der Waals surface area (Å²) < 4.78 is 6.88. The predicted molar refractivity (Wildman–Crippen MR) is 45.3 cm³/mol. The van der Waals surface area contributed by atoms with E-state index in [-0.39, 0.29) is 6.61 Å². The van der Waals surface area contributed by atoms with Gasteiger partial charge in [-0.05, 0) is 13.8 Å². The highest BCUT2D eigenvalue weighted by Gasteiger charge is 2.10. The van der Waals surface area contributed by atoms with Gasteiger partial charge in [-0.2, -0.15) is 5.10 Å². The Morgan fingerprint density at radius 3 is 2.58 bits per heavy atom. The number of aliphatic hydroxyl groups excluding tert-OH is 1. The molecule has 0 atom stereocenters. The average molecular weight is 170 g/mol. The molecule has 0 saturated carbocycles. The van der Waals surface area contributed by atoms with Gasteiger partial charge >= 0.3 is 0 Å². The Balaban J connectivity index is 3.00. The summed E-state index contributed by atoms with van der Waals surface area (Å²) in [6, 6.07) is 0. The maximum absolute atomic E-state index is 8.72. The van der Waals surface area contributed by atoms with E-state index in [1.165, 1.54) is 0 Å². The second-order valence-electron chi connectivity index (χ2n) is 2.65. The first-order valence-corrected chi connectivity index (χ1v) is 3.89. The van der Waals surface area contributed by atoms with Crippen LogP contribution in [0.3, 0.4) is 0 Å². The summed E-state index contributed by atoms with van der Waals surface area (Å²) in [5.74, 6) is 0.809. The van der Waals surface area contributed by atoms with Crippen LogP contribution in [0.5, 0.6) is 5.75 Å². The van der Waals surface area contributed by atoms with Crippen LogP contribution in [-0.2, 0) is 6.54 Å². The van der Waals surface area contributed by atoms with E-state index in [0.29, 0.717) is 6.54 Å². The lowest BCUT2D eigenvalue weighted by molar-refractivity contribution is 0.267. The van der Waals surface area contributed by atoms with Crippen molar-refractivity contribution in [2.45, 2.75) is 20.4 Å². The lowest BCUT2D eigenvalue weighted by atomic mass is 10.3. The van der Waals surface area contributed by atoms with Crippen molar-refractivity contribution < 1.29 is 9.84 Å². The lowest BCUT2D eigenvalue weighted by Gasteiger charge is -2.01. The highest BCUT2D eigenvalue weighted by atomic mass is 16.5. The van der Waals surface area contributed by atoms with Gasteiger partial charge in [0.05, 0.1) is 26.0 Å². The Morgan fingerprint density at radius 2 is 2.17 bits per heavy atom. The zero-order valence-electron chi connectivity index (χ0n) is 7.66. The zero-order valence-corrected chi connectivity index (χ0v) is 7.66. The summed E-state index contributed by atoms with van der Waals surface area (Å²) in [5, 5.41) is 12.9. The van der Waals surface area contributed by atoms with Crippen molar-refractivity contribution >= 4 is 0 Å². The number of hydrogen-bond donors (Lipinski definition) is 1. The molecule has 0 unspecified atom stereocenters. The monoisotopic (exact) mass is 170 g/mol. The van der Waals surface area contributed by atoms with Gasteiger partial charge in [-0.3, -0.25) is 4.68 Å². The highest BCUT2D eigenvalue weighted by Crippen LogP contribution is 2.20. The van der Waals surface area contributed by atoms with Crippen LogP contribution in [0.15, 0.2) is 0 Å². The summed E-state index contributed by atoms with van der Waals surface area (Å²) in [7, 11) is 1.63. The standard InChI is InChI=1S/C8H14N2O2/c1-6-8(12-3)7(2)10(9-6)4-5-11/h11H,4-5H2,1-3H3. The molecule has 1 rings (SSSR count). The van der Waals surface area contributed by atoms with Crippen LogP contribution >= 0.6 is 0 Å². The molecule has 4 nitrogen and oxygen atoms in total. The lowest BCUT2D eigenvalue weighted by Crippen LogP contribution is -2.05. The molecule has 0 aromatic carbocycles. The molecule has 0 fully saturated rings. The normalized spacial score (nSPS) is 10.3.